The highest BCUT2D eigenvalue weighted by Crippen LogP contribution is 2.36. The van der Waals surface area contributed by atoms with Crippen LogP contribution in [0.1, 0.15) is 18.4 Å². The zero-order valence-corrected chi connectivity index (χ0v) is 12.1. The fourth-order valence-electron chi connectivity index (χ4n) is 2.13. The molecule has 1 unspecified atom stereocenters. The van der Waals surface area contributed by atoms with Crippen molar-refractivity contribution < 1.29 is 0 Å². The van der Waals surface area contributed by atoms with Crippen LogP contribution >= 0.6 is 23.5 Å². The zero-order valence-electron chi connectivity index (χ0n) is 10.4. The predicted octanol–water partition coefficient (Wildman–Crippen LogP) is 3.44. The zero-order chi connectivity index (χ0) is 11.9. The molecule has 3 heteroatoms. The molecule has 1 N–H and O–H groups in total. The molecule has 1 aromatic rings. The van der Waals surface area contributed by atoms with Crippen molar-refractivity contribution in [2.24, 2.45) is 0 Å². The van der Waals surface area contributed by atoms with E-state index in [0.717, 1.165) is 11.8 Å². The highest BCUT2D eigenvalue weighted by Gasteiger charge is 2.20. The first-order chi connectivity index (χ1) is 8.40. The number of unbranched alkanes of at least 4 members (excludes halogenated alkanes) is 1. The van der Waals surface area contributed by atoms with Crippen LogP contribution in [-0.4, -0.2) is 30.3 Å². The highest BCUT2D eigenvalue weighted by atomic mass is 32.2. The Morgan fingerprint density at radius 2 is 2.24 bits per heavy atom. The quantitative estimate of drug-likeness (QED) is 0.760. The van der Waals surface area contributed by atoms with Crippen LogP contribution in [0.5, 0.6) is 0 Å². The van der Waals surface area contributed by atoms with E-state index in [2.05, 4.69) is 35.8 Å². The molecule has 1 aliphatic rings. The maximum Gasteiger partial charge on any atom is 0.0260 e. The van der Waals surface area contributed by atoms with Gasteiger partial charge in [0.05, 0.1) is 0 Å². The minimum atomic E-state index is 0.743. The van der Waals surface area contributed by atoms with Crippen molar-refractivity contribution in [2.45, 2.75) is 29.4 Å². The van der Waals surface area contributed by atoms with Crippen LogP contribution in [0.15, 0.2) is 29.2 Å². The molecule has 17 heavy (non-hydrogen) atoms. The average Bonchev–Trinajstić information content (AvgIpc) is 2.76. The predicted molar refractivity (Wildman–Crippen MR) is 80.3 cm³/mol. The largest absolute Gasteiger partial charge is 0.316 e. The van der Waals surface area contributed by atoms with Gasteiger partial charge in [-0.05, 0) is 49.4 Å². The standard InChI is InChI=1S/C14H21NS2/c1-16-9-5-4-8-15-11-13-10-12-6-2-3-7-14(12)17-13/h2-3,6-7,13,15H,4-5,8-11H2,1H3. The van der Waals surface area contributed by atoms with E-state index in [9.17, 15) is 0 Å². The summed E-state index contributed by atoms with van der Waals surface area (Å²) in [6, 6.07) is 8.81. The van der Waals surface area contributed by atoms with Gasteiger partial charge in [-0.15, -0.1) is 11.8 Å². The Morgan fingerprint density at radius 3 is 3.06 bits per heavy atom. The number of fused-ring (bicyclic) bond motifs is 1. The van der Waals surface area contributed by atoms with Crippen LogP contribution in [0.4, 0.5) is 0 Å². The van der Waals surface area contributed by atoms with Gasteiger partial charge in [-0.3, -0.25) is 0 Å². The first-order valence-corrected chi connectivity index (χ1v) is 8.61. The molecule has 1 atom stereocenters. The Hall–Kier alpha value is -0.120. The average molecular weight is 267 g/mol. The molecular weight excluding hydrogens is 246 g/mol. The number of hydrogen-bond acceptors (Lipinski definition) is 3. The van der Waals surface area contributed by atoms with Crippen molar-refractivity contribution in [3.8, 4) is 0 Å². The molecule has 1 heterocycles. The van der Waals surface area contributed by atoms with E-state index in [1.54, 1.807) is 0 Å². The van der Waals surface area contributed by atoms with Crippen LogP contribution in [0.25, 0.3) is 0 Å². The molecule has 0 spiro atoms. The molecule has 0 bridgehead atoms. The fourth-order valence-corrected chi connectivity index (χ4v) is 3.90. The molecular formula is C14H21NS2. The second kappa shape index (κ2) is 7.34. The van der Waals surface area contributed by atoms with Crippen molar-refractivity contribution >= 4 is 23.5 Å². The Labute approximate surface area is 113 Å². The molecule has 1 aliphatic heterocycles. The maximum absolute atomic E-state index is 3.59. The molecule has 1 aromatic carbocycles. The van der Waals surface area contributed by atoms with Gasteiger partial charge in [0.1, 0.15) is 0 Å². The maximum atomic E-state index is 3.59. The smallest absolute Gasteiger partial charge is 0.0260 e. The van der Waals surface area contributed by atoms with Crippen LogP contribution in [0.3, 0.4) is 0 Å². The molecule has 94 valence electrons. The second-order valence-corrected chi connectivity index (χ2v) is 6.78. The summed E-state index contributed by atoms with van der Waals surface area (Å²) in [6.45, 7) is 2.33. The molecule has 0 amide bonds. The summed E-state index contributed by atoms with van der Waals surface area (Å²) < 4.78 is 0. The Morgan fingerprint density at radius 1 is 1.35 bits per heavy atom. The van der Waals surface area contributed by atoms with Gasteiger partial charge < -0.3 is 5.32 Å². The summed E-state index contributed by atoms with van der Waals surface area (Å²) in [6.07, 6.45) is 6.07. The van der Waals surface area contributed by atoms with Crippen molar-refractivity contribution in [1.82, 2.24) is 5.32 Å². The van der Waals surface area contributed by atoms with Crippen molar-refractivity contribution in [3.63, 3.8) is 0 Å². The Kier molecular flexibility index (Phi) is 5.75. The lowest BCUT2D eigenvalue weighted by molar-refractivity contribution is 0.629. The van der Waals surface area contributed by atoms with E-state index in [-0.39, 0.29) is 0 Å². The molecule has 1 nitrogen and oxygen atoms in total. The minimum Gasteiger partial charge on any atom is -0.316 e. The van der Waals surface area contributed by atoms with Crippen LogP contribution in [0, 0.1) is 0 Å². The number of hydrogen-bond donors (Lipinski definition) is 1. The van der Waals surface area contributed by atoms with Crippen LogP contribution in [-0.2, 0) is 6.42 Å². The third-order valence-corrected chi connectivity index (χ3v) is 5.05. The molecule has 0 saturated heterocycles. The fraction of sp³-hybridized carbons (Fsp3) is 0.571. The summed E-state index contributed by atoms with van der Waals surface area (Å²) >= 11 is 3.98. The third kappa shape index (κ3) is 4.23. The topological polar surface area (TPSA) is 12.0 Å². The minimum absolute atomic E-state index is 0.743. The Bertz CT molecular complexity index is 316. The van der Waals surface area contributed by atoms with Gasteiger partial charge in [-0.1, -0.05) is 18.2 Å². The van der Waals surface area contributed by atoms with Crippen molar-refractivity contribution in [1.29, 1.82) is 0 Å². The van der Waals surface area contributed by atoms with E-state index in [1.165, 1.54) is 42.0 Å². The molecule has 0 saturated carbocycles. The summed E-state index contributed by atoms with van der Waals surface area (Å²) in [4.78, 5) is 1.49. The summed E-state index contributed by atoms with van der Waals surface area (Å²) in [5, 5.41) is 4.33. The lowest BCUT2D eigenvalue weighted by Crippen LogP contribution is -2.25. The lowest BCUT2D eigenvalue weighted by Gasteiger charge is -2.09. The van der Waals surface area contributed by atoms with Crippen LogP contribution < -0.4 is 5.32 Å². The number of rotatable bonds is 7. The third-order valence-electron chi connectivity index (χ3n) is 3.04. The van der Waals surface area contributed by atoms with Crippen LogP contribution in [0.2, 0.25) is 0 Å². The lowest BCUT2D eigenvalue weighted by atomic mass is 10.1. The highest BCUT2D eigenvalue weighted by molar-refractivity contribution is 8.00. The van der Waals surface area contributed by atoms with E-state index in [0.29, 0.717) is 0 Å². The SMILES string of the molecule is CSCCCCNCC1Cc2ccccc2S1. The van der Waals surface area contributed by atoms with Gasteiger partial charge in [-0.2, -0.15) is 11.8 Å². The van der Waals surface area contributed by atoms with Crippen molar-refractivity contribution in [2.75, 3.05) is 25.1 Å². The molecule has 0 fully saturated rings. The Balaban J connectivity index is 1.60. The summed E-state index contributed by atoms with van der Waals surface area (Å²) in [5.74, 6) is 1.30. The first-order valence-electron chi connectivity index (χ1n) is 6.34. The number of nitrogens with one attached hydrogen (secondary N) is 1. The molecule has 0 aromatic heterocycles. The van der Waals surface area contributed by atoms with E-state index in [1.807, 2.05) is 23.5 Å². The number of thioether (sulfide) groups is 2. The van der Waals surface area contributed by atoms with Crippen molar-refractivity contribution in [3.05, 3.63) is 29.8 Å². The molecule has 0 aliphatic carbocycles. The summed E-state index contributed by atoms with van der Waals surface area (Å²) in [5.41, 5.74) is 1.53. The molecule has 2 rings (SSSR count). The number of benzene rings is 1. The van der Waals surface area contributed by atoms with Gasteiger partial charge in [0.2, 0.25) is 0 Å². The normalized spacial score (nSPS) is 18.3. The monoisotopic (exact) mass is 267 g/mol. The van der Waals surface area contributed by atoms with Gasteiger partial charge in [0.25, 0.3) is 0 Å². The van der Waals surface area contributed by atoms with Gasteiger partial charge >= 0.3 is 0 Å². The second-order valence-electron chi connectivity index (χ2n) is 4.46. The van der Waals surface area contributed by atoms with E-state index >= 15 is 0 Å². The van der Waals surface area contributed by atoms with Gasteiger partial charge in [0.15, 0.2) is 0 Å². The summed E-state index contributed by atoms with van der Waals surface area (Å²) in [7, 11) is 0. The van der Waals surface area contributed by atoms with Gasteiger partial charge in [-0.25, -0.2) is 0 Å². The molecule has 0 radical (unpaired) electrons. The van der Waals surface area contributed by atoms with E-state index < -0.39 is 0 Å². The first kappa shape index (κ1) is 13.3. The van der Waals surface area contributed by atoms with E-state index in [4.69, 9.17) is 0 Å². The van der Waals surface area contributed by atoms with Gasteiger partial charge in [0, 0.05) is 16.7 Å².